The van der Waals surface area contributed by atoms with Gasteiger partial charge in [-0.1, -0.05) is 18.2 Å². The van der Waals surface area contributed by atoms with Crippen molar-refractivity contribution < 1.29 is 14.3 Å². The number of hydrogen-bond acceptors (Lipinski definition) is 5. The van der Waals surface area contributed by atoms with Crippen molar-refractivity contribution in [3.05, 3.63) is 71.0 Å². The lowest BCUT2D eigenvalue weighted by atomic mass is 10.1. The van der Waals surface area contributed by atoms with Gasteiger partial charge in [0.1, 0.15) is 11.4 Å². The zero-order valence-electron chi connectivity index (χ0n) is 16.4. The monoisotopic (exact) mass is 393 g/mol. The van der Waals surface area contributed by atoms with E-state index in [0.29, 0.717) is 24.4 Å². The normalized spacial score (nSPS) is 10.4. The van der Waals surface area contributed by atoms with Crippen LogP contribution in [-0.4, -0.2) is 29.9 Å². The van der Waals surface area contributed by atoms with Crippen LogP contribution in [0.4, 0.5) is 5.69 Å². The largest absolute Gasteiger partial charge is 0.497 e. The van der Waals surface area contributed by atoms with Gasteiger partial charge < -0.3 is 14.8 Å². The number of carbonyl (C=O) groups excluding carboxylic acids is 1. The third-order valence-electron chi connectivity index (χ3n) is 4.38. The SMILES string of the molecule is COc1ccc(-c2nn(CCCC(=O)Nc3ccccc3)c(=O)cc2OC)cc1. The highest BCUT2D eigenvalue weighted by Crippen LogP contribution is 2.27. The van der Waals surface area contributed by atoms with E-state index in [1.165, 1.54) is 17.9 Å². The highest BCUT2D eigenvalue weighted by Gasteiger charge is 2.12. The van der Waals surface area contributed by atoms with Gasteiger partial charge in [-0.25, -0.2) is 4.68 Å². The predicted molar refractivity (Wildman–Crippen MR) is 111 cm³/mol. The second kappa shape index (κ2) is 9.54. The molecule has 7 heteroatoms. The second-order valence-corrected chi connectivity index (χ2v) is 6.37. The van der Waals surface area contributed by atoms with Crippen LogP contribution < -0.4 is 20.3 Å². The van der Waals surface area contributed by atoms with Crippen LogP contribution >= 0.6 is 0 Å². The quantitative estimate of drug-likeness (QED) is 0.635. The van der Waals surface area contributed by atoms with Crippen LogP contribution in [0.5, 0.6) is 11.5 Å². The summed E-state index contributed by atoms with van der Waals surface area (Å²) in [6.45, 7) is 0.328. The van der Waals surface area contributed by atoms with Gasteiger partial charge in [0.05, 0.1) is 14.2 Å². The topological polar surface area (TPSA) is 82.5 Å². The van der Waals surface area contributed by atoms with Gasteiger partial charge in [0, 0.05) is 30.3 Å². The van der Waals surface area contributed by atoms with Crippen LogP contribution in [0.3, 0.4) is 0 Å². The number of hydrogen-bond donors (Lipinski definition) is 1. The number of para-hydroxylation sites is 1. The molecule has 0 fully saturated rings. The Morgan fingerprint density at radius 2 is 1.76 bits per heavy atom. The molecule has 0 aliphatic rings. The van der Waals surface area contributed by atoms with E-state index >= 15 is 0 Å². The molecule has 1 heterocycles. The van der Waals surface area contributed by atoms with E-state index in [1.807, 2.05) is 54.6 Å². The summed E-state index contributed by atoms with van der Waals surface area (Å²) in [5.41, 5.74) is 1.84. The second-order valence-electron chi connectivity index (χ2n) is 6.37. The first-order valence-electron chi connectivity index (χ1n) is 9.26. The minimum Gasteiger partial charge on any atom is -0.497 e. The third-order valence-corrected chi connectivity index (χ3v) is 4.38. The van der Waals surface area contributed by atoms with Gasteiger partial charge in [0.25, 0.3) is 5.56 Å². The summed E-state index contributed by atoms with van der Waals surface area (Å²) in [5, 5.41) is 7.29. The molecule has 29 heavy (non-hydrogen) atoms. The molecule has 3 rings (SSSR count). The van der Waals surface area contributed by atoms with Crippen molar-refractivity contribution in [3.8, 4) is 22.8 Å². The molecule has 2 aromatic carbocycles. The predicted octanol–water partition coefficient (Wildman–Crippen LogP) is 3.35. The third kappa shape index (κ3) is 5.22. The van der Waals surface area contributed by atoms with Crippen molar-refractivity contribution in [2.45, 2.75) is 19.4 Å². The van der Waals surface area contributed by atoms with Gasteiger partial charge in [-0.2, -0.15) is 5.10 Å². The highest BCUT2D eigenvalue weighted by molar-refractivity contribution is 5.90. The number of benzene rings is 2. The van der Waals surface area contributed by atoms with Crippen molar-refractivity contribution in [1.82, 2.24) is 9.78 Å². The summed E-state index contributed by atoms with van der Waals surface area (Å²) < 4.78 is 11.9. The number of ether oxygens (including phenoxy) is 2. The van der Waals surface area contributed by atoms with E-state index in [4.69, 9.17) is 9.47 Å². The zero-order chi connectivity index (χ0) is 20.6. The fraction of sp³-hybridized carbons (Fsp3) is 0.227. The molecule has 0 saturated heterocycles. The number of nitrogens with zero attached hydrogens (tertiary/aromatic N) is 2. The summed E-state index contributed by atoms with van der Waals surface area (Å²) in [5.74, 6) is 1.02. The lowest BCUT2D eigenvalue weighted by Gasteiger charge is -2.12. The number of amides is 1. The molecule has 1 N–H and O–H groups in total. The van der Waals surface area contributed by atoms with Crippen molar-refractivity contribution >= 4 is 11.6 Å². The maximum absolute atomic E-state index is 12.3. The first kappa shape index (κ1) is 20.1. The van der Waals surface area contributed by atoms with E-state index in [9.17, 15) is 9.59 Å². The molecule has 0 atom stereocenters. The van der Waals surface area contributed by atoms with E-state index in [2.05, 4.69) is 10.4 Å². The van der Waals surface area contributed by atoms with Crippen LogP contribution in [-0.2, 0) is 11.3 Å². The van der Waals surface area contributed by atoms with Crippen LogP contribution in [0.2, 0.25) is 0 Å². The number of anilines is 1. The summed E-state index contributed by atoms with van der Waals surface area (Å²) in [7, 11) is 3.10. The summed E-state index contributed by atoms with van der Waals surface area (Å²) in [6, 6.07) is 18.0. The van der Waals surface area contributed by atoms with E-state index in [0.717, 1.165) is 17.0 Å². The Bertz CT molecular complexity index is 1010. The fourth-order valence-corrected chi connectivity index (χ4v) is 2.87. The van der Waals surface area contributed by atoms with Gasteiger partial charge in [0.2, 0.25) is 5.91 Å². The maximum atomic E-state index is 12.3. The van der Waals surface area contributed by atoms with Gasteiger partial charge in [-0.15, -0.1) is 0 Å². The Hall–Kier alpha value is -3.61. The zero-order valence-corrected chi connectivity index (χ0v) is 16.4. The highest BCUT2D eigenvalue weighted by atomic mass is 16.5. The lowest BCUT2D eigenvalue weighted by Crippen LogP contribution is -2.24. The van der Waals surface area contributed by atoms with Gasteiger partial charge in [0.15, 0.2) is 5.75 Å². The first-order valence-corrected chi connectivity index (χ1v) is 9.26. The van der Waals surface area contributed by atoms with Crippen LogP contribution in [0.25, 0.3) is 11.3 Å². The fourth-order valence-electron chi connectivity index (χ4n) is 2.87. The Morgan fingerprint density at radius 3 is 2.41 bits per heavy atom. The number of aromatic nitrogens is 2. The van der Waals surface area contributed by atoms with Gasteiger partial charge >= 0.3 is 0 Å². The minimum atomic E-state index is -0.275. The molecule has 0 saturated carbocycles. The molecule has 1 aromatic heterocycles. The molecular weight excluding hydrogens is 370 g/mol. The summed E-state index contributed by atoms with van der Waals surface area (Å²) in [6.07, 6.45) is 0.771. The molecule has 150 valence electrons. The van der Waals surface area contributed by atoms with Crippen LogP contribution in [0.15, 0.2) is 65.5 Å². The summed E-state index contributed by atoms with van der Waals surface area (Å²) >= 11 is 0. The first-order chi connectivity index (χ1) is 14.1. The van der Waals surface area contributed by atoms with E-state index in [1.54, 1.807) is 7.11 Å². The molecule has 0 unspecified atom stereocenters. The van der Waals surface area contributed by atoms with Gasteiger partial charge in [-0.3, -0.25) is 9.59 Å². The molecule has 0 radical (unpaired) electrons. The van der Waals surface area contributed by atoms with Crippen molar-refractivity contribution in [2.75, 3.05) is 19.5 Å². The summed E-state index contributed by atoms with van der Waals surface area (Å²) in [4.78, 5) is 24.4. The Kier molecular flexibility index (Phi) is 6.63. The number of methoxy groups -OCH3 is 2. The Labute approximate surface area is 168 Å². The van der Waals surface area contributed by atoms with E-state index in [-0.39, 0.29) is 17.9 Å². The molecular formula is C22H23N3O4. The smallest absolute Gasteiger partial charge is 0.270 e. The van der Waals surface area contributed by atoms with E-state index < -0.39 is 0 Å². The number of nitrogens with one attached hydrogen (secondary N) is 1. The van der Waals surface area contributed by atoms with Crippen LogP contribution in [0.1, 0.15) is 12.8 Å². The molecule has 0 aliphatic heterocycles. The maximum Gasteiger partial charge on any atom is 0.270 e. The molecule has 7 nitrogen and oxygen atoms in total. The van der Waals surface area contributed by atoms with Crippen LogP contribution in [0, 0.1) is 0 Å². The lowest BCUT2D eigenvalue weighted by molar-refractivity contribution is -0.116. The van der Waals surface area contributed by atoms with Crippen molar-refractivity contribution in [3.63, 3.8) is 0 Å². The van der Waals surface area contributed by atoms with Crippen molar-refractivity contribution in [2.24, 2.45) is 0 Å². The molecule has 1 amide bonds. The molecule has 0 spiro atoms. The molecule has 0 aliphatic carbocycles. The Balaban J connectivity index is 1.70. The standard InChI is InChI=1S/C22H23N3O4/c1-28-18-12-10-16(11-13-18)22-19(29-2)15-21(27)25(24-22)14-6-9-20(26)23-17-7-4-3-5-8-17/h3-5,7-8,10-13,15H,6,9,14H2,1-2H3,(H,23,26). The Morgan fingerprint density at radius 1 is 1.03 bits per heavy atom. The molecule has 0 bridgehead atoms. The average molecular weight is 393 g/mol. The number of rotatable bonds is 8. The number of aryl methyl sites for hydroxylation is 1. The minimum absolute atomic E-state index is 0.104. The average Bonchev–Trinajstić information content (AvgIpc) is 2.75. The number of carbonyl (C=O) groups is 1. The molecule has 3 aromatic rings. The van der Waals surface area contributed by atoms with Crippen molar-refractivity contribution in [1.29, 1.82) is 0 Å². The van der Waals surface area contributed by atoms with Gasteiger partial charge in [-0.05, 0) is 42.8 Å².